The molecule has 6 nitrogen and oxygen atoms in total. The highest BCUT2D eigenvalue weighted by molar-refractivity contribution is 5.89. The number of para-hydroxylation sites is 2. The van der Waals surface area contributed by atoms with E-state index in [4.69, 9.17) is 14.5 Å². The Morgan fingerprint density at radius 3 is 2.36 bits per heavy atom. The molecule has 2 heterocycles. The molecule has 0 N–H and O–H groups in total. The van der Waals surface area contributed by atoms with Crippen LogP contribution in [0.3, 0.4) is 0 Å². The van der Waals surface area contributed by atoms with E-state index in [2.05, 4.69) is 49.9 Å². The maximum Gasteiger partial charge on any atom is 0.222 e. The van der Waals surface area contributed by atoms with Gasteiger partial charge < -0.3 is 19.3 Å². The first-order valence-corrected chi connectivity index (χ1v) is 11.6. The molecule has 1 aromatic heterocycles. The summed E-state index contributed by atoms with van der Waals surface area (Å²) < 4.78 is 11.5. The van der Waals surface area contributed by atoms with Gasteiger partial charge in [-0.1, -0.05) is 30.3 Å². The largest absolute Gasteiger partial charge is 0.494 e. The van der Waals surface area contributed by atoms with Gasteiger partial charge in [-0.25, -0.2) is 4.98 Å². The van der Waals surface area contributed by atoms with Crippen LogP contribution in [-0.2, 0) is 4.79 Å². The van der Waals surface area contributed by atoms with Crippen molar-refractivity contribution in [1.29, 1.82) is 0 Å². The second-order valence-corrected chi connectivity index (χ2v) is 8.69. The predicted molar refractivity (Wildman–Crippen MR) is 132 cm³/mol. The number of carbonyl (C=O) groups is 1. The van der Waals surface area contributed by atoms with Gasteiger partial charge in [0.1, 0.15) is 22.8 Å². The average Bonchev–Trinajstić information content (AvgIpc) is 2.83. The summed E-state index contributed by atoms with van der Waals surface area (Å²) in [6, 6.07) is 14.3. The molecule has 0 spiro atoms. The van der Waals surface area contributed by atoms with Crippen LogP contribution in [0.15, 0.2) is 42.5 Å². The number of hydrogen-bond acceptors (Lipinski definition) is 5. The van der Waals surface area contributed by atoms with Crippen molar-refractivity contribution >= 4 is 22.6 Å². The van der Waals surface area contributed by atoms with Crippen molar-refractivity contribution < 1.29 is 14.3 Å². The molecule has 2 aromatic carbocycles. The molecule has 0 bridgehead atoms. The zero-order valence-corrected chi connectivity index (χ0v) is 20.1. The average molecular weight is 448 g/mol. The number of ether oxygens (including phenoxy) is 2. The number of piperazine rings is 1. The summed E-state index contributed by atoms with van der Waals surface area (Å²) in [6.07, 6.45) is 1.23. The maximum absolute atomic E-state index is 12.7. The summed E-state index contributed by atoms with van der Waals surface area (Å²) in [5.41, 5.74) is 4.33. The Hall–Kier alpha value is -3.28. The van der Waals surface area contributed by atoms with E-state index < -0.39 is 0 Å². The molecule has 6 heteroatoms. The molecule has 174 valence electrons. The van der Waals surface area contributed by atoms with Gasteiger partial charge in [-0.05, 0) is 56.0 Å². The highest BCUT2D eigenvalue weighted by Gasteiger charge is 2.22. The van der Waals surface area contributed by atoms with Crippen molar-refractivity contribution in [2.75, 3.05) is 44.8 Å². The van der Waals surface area contributed by atoms with E-state index in [0.29, 0.717) is 26.1 Å². The van der Waals surface area contributed by atoms with Gasteiger partial charge in [0.25, 0.3) is 0 Å². The number of methoxy groups -OCH3 is 1. The fourth-order valence-electron chi connectivity index (χ4n) is 4.47. The minimum Gasteiger partial charge on any atom is -0.494 e. The van der Waals surface area contributed by atoms with Gasteiger partial charge >= 0.3 is 0 Å². The number of amides is 1. The monoisotopic (exact) mass is 447 g/mol. The van der Waals surface area contributed by atoms with Crippen LogP contribution in [-0.4, -0.2) is 55.7 Å². The van der Waals surface area contributed by atoms with Crippen LogP contribution in [0, 0.1) is 20.8 Å². The van der Waals surface area contributed by atoms with E-state index in [0.717, 1.165) is 58.9 Å². The lowest BCUT2D eigenvalue weighted by molar-refractivity contribution is -0.131. The van der Waals surface area contributed by atoms with Gasteiger partial charge in [-0.15, -0.1) is 0 Å². The topological polar surface area (TPSA) is 54.9 Å². The van der Waals surface area contributed by atoms with Crippen LogP contribution in [0.5, 0.6) is 11.5 Å². The Morgan fingerprint density at radius 1 is 0.970 bits per heavy atom. The van der Waals surface area contributed by atoms with Crippen LogP contribution >= 0.6 is 0 Å². The van der Waals surface area contributed by atoms with E-state index in [9.17, 15) is 4.79 Å². The normalized spacial score (nSPS) is 13.9. The molecular formula is C27H33N3O3. The second kappa shape index (κ2) is 10.1. The van der Waals surface area contributed by atoms with Crippen LogP contribution in [0.2, 0.25) is 0 Å². The molecule has 1 amide bonds. The minimum atomic E-state index is 0.198. The first kappa shape index (κ1) is 22.9. The highest BCUT2D eigenvalue weighted by atomic mass is 16.5. The summed E-state index contributed by atoms with van der Waals surface area (Å²) in [7, 11) is 1.68. The molecule has 0 radical (unpaired) electrons. The predicted octanol–water partition coefficient (Wildman–Crippen LogP) is 4.68. The van der Waals surface area contributed by atoms with E-state index in [1.165, 1.54) is 5.56 Å². The smallest absolute Gasteiger partial charge is 0.222 e. The number of fused-ring (bicyclic) bond motifs is 1. The lowest BCUT2D eigenvalue weighted by Crippen LogP contribution is -2.49. The Bertz CT molecular complexity index is 1120. The summed E-state index contributed by atoms with van der Waals surface area (Å²) in [5, 5.41) is 1.11. The lowest BCUT2D eigenvalue weighted by Gasteiger charge is -2.35. The standard InChI is InChI=1S/C27H33N3O3/c1-19-8-5-9-20(2)27(19)33-17-7-12-25(31)30-15-13-29(14-16-30)24-18-21(3)22-10-6-11-23(32-4)26(22)28-24/h5-6,8-11,18H,7,12-17H2,1-4H3. The van der Waals surface area contributed by atoms with Crippen LogP contribution in [0.1, 0.15) is 29.5 Å². The van der Waals surface area contributed by atoms with Crippen LogP contribution < -0.4 is 14.4 Å². The number of benzene rings is 2. The summed E-state index contributed by atoms with van der Waals surface area (Å²) >= 11 is 0. The van der Waals surface area contributed by atoms with Gasteiger partial charge in [0.2, 0.25) is 5.91 Å². The van der Waals surface area contributed by atoms with Gasteiger partial charge in [0, 0.05) is 38.0 Å². The highest BCUT2D eigenvalue weighted by Crippen LogP contribution is 2.29. The minimum absolute atomic E-state index is 0.198. The Balaban J connectivity index is 1.30. The number of anilines is 1. The van der Waals surface area contributed by atoms with Gasteiger partial charge in [0.15, 0.2) is 0 Å². The number of aryl methyl sites for hydroxylation is 3. The summed E-state index contributed by atoms with van der Waals surface area (Å²) in [6.45, 7) is 9.73. The first-order valence-electron chi connectivity index (χ1n) is 11.6. The van der Waals surface area contributed by atoms with E-state index in [-0.39, 0.29) is 5.91 Å². The van der Waals surface area contributed by atoms with Crippen LogP contribution in [0.25, 0.3) is 10.9 Å². The maximum atomic E-state index is 12.7. The lowest BCUT2D eigenvalue weighted by atomic mass is 10.1. The number of hydrogen-bond donors (Lipinski definition) is 0. The molecule has 0 aliphatic carbocycles. The molecule has 1 aliphatic heterocycles. The van der Waals surface area contributed by atoms with Crippen molar-refractivity contribution in [2.24, 2.45) is 0 Å². The van der Waals surface area contributed by atoms with Crippen molar-refractivity contribution in [1.82, 2.24) is 9.88 Å². The molecule has 0 unspecified atom stereocenters. The van der Waals surface area contributed by atoms with Crippen molar-refractivity contribution in [2.45, 2.75) is 33.6 Å². The van der Waals surface area contributed by atoms with Crippen molar-refractivity contribution in [3.63, 3.8) is 0 Å². The number of carbonyl (C=O) groups excluding carboxylic acids is 1. The molecular weight excluding hydrogens is 414 g/mol. The summed E-state index contributed by atoms with van der Waals surface area (Å²) in [4.78, 5) is 21.8. The fourth-order valence-corrected chi connectivity index (χ4v) is 4.47. The van der Waals surface area contributed by atoms with E-state index >= 15 is 0 Å². The molecule has 1 fully saturated rings. The molecule has 33 heavy (non-hydrogen) atoms. The van der Waals surface area contributed by atoms with Gasteiger partial charge in [-0.3, -0.25) is 4.79 Å². The molecule has 0 atom stereocenters. The first-order chi connectivity index (χ1) is 16.0. The van der Waals surface area contributed by atoms with Gasteiger partial charge in [-0.2, -0.15) is 0 Å². The fraction of sp³-hybridized carbons (Fsp3) is 0.407. The third-order valence-corrected chi connectivity index (χ3v) is 6.36. The van der Waals surface area contributed by atoms with Crippen LogP contribution in [0.4, 0.5) is 5.82 Å². The quantitative estimate of drug-likeness (QED) is 0.493. The molecule has 1 saturated heterocycles. The zero-order valence-electron chi connectivity index (χ0n) is 20.1. The van der Waals surface area contributed by atoms with Gasteiger partial charge in [0.05, 0.1) is 13.7 Å². The third kappa shape index (κ3) is 5.05. The van der Waals surface area contributed by atoms with Crippen molar-refractivity contribution in [3.8, 4) is 11.5 Å². The number of aromatic nitrogens is 1. The number of rotatable bonds is 7. The number of pyridine rings is 1. The van der Waals surface area contributed by atoms with E-state index in [1.807, 2.05) is 23.1 Å². The molecule has 1 aliphatic rings. The second-order valence-electron chi connectivity index (χ2n) is 8.69. The van der Waals surface area contributed by atoms with Crippen molar-refractivity contribution in [3.05, 3.63) is 59.2 Å². The SMILES string of the molecule is COc1cccc2c(C)cc(N3CCN(C(=O)CCCOc4c(C)cccc4C)CC3)nc12. The zero-order chi connectivity index (χ0) is 23.4. The Morgan fingerprint density at radius 2 is 1.67 bits per heavy atom. The third-order valence-electron chi connectivity index (χ3n) is 6.36. The summed E-state index contributed by atoms with van der Waals surface area (Å²) in [5.74, 6) is 2.87. The molecule has 4 rings (SSSR count). The molecule has 3 aromatic rings. The van der Waals surface area contributed by atoms with E-state index in [1.54, 1.807) is 7.11 Å². The Kier molecular flexibility index (Phi) is 7.02. The number of nitrogens with zero attached hydrogens (tertiary/aromatic N) is 3. The Labute approximate surface area is 196 Å². The molecule has 0 saturated carbocycles.